The molecule has 1 aliphatic carbocycles. The van der Waals surface area contributed by atoms with Crippen LogP contribution in [0, 0.1) is 5.92 Å². The molecule has 3 N–H and O–H groups in total. The molecular formula is C13H20N2O5S. The number of aromatic carboxylic acids is 1. The van der Waals surface area contributed by atoms with E-state index >= 15 is 0 Å². The molecule has 0 saturated heterocycles. The molecule has 2 atom stereocenters. The molecule has 1 fully saturated rings. The molecule has 0 aromatic carbocycles. The molecule has 1 saturated carbocycles. The summed E-state index contributed by atoms with van der Waals surface area (Å²) < 4.78 is 28.7. The van der Waals surface area contributed by atoms with E-state index in [0.717, 1.165) is 18.9 Å². The Balaban J connectivity index is 2.25. The maximum atomic E-state index is 12.4. The second-order valence-electron chi connectivity index (χ2n) is 5.25. The second kappa shape index (κ2) is 6.17. The van der Waals surface area contributed by atoms with Crippen LogP contribution in [0.1, 0.15) is 36.7 Å². The fraction of sp³-hybridized carbons (Fsp3) is 0.615. The molecule has 21 heavy (non-hydrogen) atoms. The zero-order valence-corrected chi connectivity index (χ0v) is 12.6. The summed E-state index contributed by atoms with van der Waals surface area (Å²) in [5.74, 6) is -1.24. The van der Waals surface area contributed by atoms with Crippen LogP contribution >= 0.6 is 0 Å². The van der Waals surface area contributed by atoms with E-state index in [1.54, 1.807) is 6.92 Å². The summed E-state index contributed by atoms with van der Waals surface area (Å²) in [6, 6.07) is 0.870. The number of aliphatic hydroxyl groups is 1. The first-order chi connectivity index (χ1) is 9.89. The van der Waals surface area contributed by atoms with Crippen LogP contribution in [0.5, 0.6) is 0 Å². The van der Waals surface area contributed by atoms with Gasteiger partial charge in [-0.2, -0.15) is 0 Å². The molecule has 118 valence electrons. The van der Waals surface area contributed by atoms with Crippen molar-refractivity contribution in [2.45, 2.75) is 43.7 Å². The SMILES string of the molecule is CCn1cc(S(=O)(=O)NC2CCCC2CO)cc1C(=O)O. The number of rotatable bonds is 6. The molecule has 0 radical (unpaired) electrons. The van der Waals surface area contributed by atoms with E-state index in [9.17, 15) is 18.3 Å². The number of carbonyl (C=O) groups is 1. The maximum Gasteiger partial charge on any atom is 0.352 e. The Labute approximate surface area is 123 Å². The van der Waals surface area contributed by atoms with E-state index in [-0.39, 0.29) is 29.2 Å². The monoisotopic (exact) mass is 316 g/mol. The van der Waals surface area contributed by atoms with Crippen molar-refractivity contribution in [3.8, 4) is 0 Å². The minimum atomic E-state index is -3.78. The molecule has 8 heteroatoms. The largest absolute Gasteiger partial charge is 0.477 e. The number of nitrogens with zero attached hydrogens (tertiary/aromatic N) is 1. The zero-order valence-electron chi connectivity index (χ0n) is 11.8. The summed E-state index contributed by atoms with van der Waals surface area (Å²) in [6.07, 6.45) is 3.67. The molecule has 0 aliphatic heterocycles. The predicted octanol–water partition coefficient (Wildman–Crippen LogP) is 0.645. The number of nitrogens with one attached hydrogen (secondary N) is 1. The van der Waals surface area contributed by atoms with Gasteiger partial charge in [0.1, 0.15) is 10.6 Å². The Kier molecular flexibility index (Phi) is 4.70. The second-order valence-corrected chi connectivity index (χ2v) is 6.97. The summed E-state index contributed by atoms with van der Waals surface area (Å²) in [7, 11) is -3.78. The van der Waals surface area contributed by atoms with E-state index in [1.807, 2.05) is 0 Å². The smallest absolute Gasteiger partial charge is 0.352 e. The van der Waals surface area contributed by atoms with E-state index in [2.05, 4.69) is 4.72 Å². The van der Waals surface area contributed by atoms with Gasteiger partial charge < -0.3 is 14.8 Å². The lowest BCUT2D eigenvalue weighted by atomic mass is 10.1. The first-order valence-electron chi connectivity index (χ1n) is 6.95. The van der Waals surface area contributed by atoms with Gasteiger partial charge in [-0.3, -0.25) is 0 Å². The normalized spacial score (nSPS) is 22.6. The Morgan fingerprint density at radius 3 is 2.71 bits per heavy atom. The molecule has 0 spiro atoms. The molecule has 2 unspecified atom stereocenters. The molecule has 1 heterocycles. The number of sulfonamides is 1. The number of aryl methyl sites for hydroxylation is 1. The Hall–Kier alpha value is -1.38. The first-order valence-corrected chi connectivity index (χ1v) is 8.44. The minimum Gasteiger partial charge on any atom is -0.477 e. The summed E-state index contributed by atoms with van der Waals surface area (Å²) in [4.78, 5) is 11.0. The molecular weight excluding hydrogens is 296 g/mol. The van der Waals surface area contributed by atoms with Crippen LogP contribution in [-0.2, 0) is 16.6 Å². The highest BCUT2D eigenvalue weighted by atomic mass is 32.2. The lowest BCUT2D eigenvalue weighted by Crippen LogP contribution is -2.38. The van der Waals surface area contributed by atoms with Gasteiger partial charge in [0.15, 0.2) is 0 Å². The van der Waals surface area contributed by atoms with Gasteiger partial charge in [-0.1, -0.05) is 6.42 Å². The van der Waals surface area contributed by atoms with Gasteiger partial charge in [-0.15, -0.1) is 0 Å². The summed E-state index contributed by atoms with van der Waals surface area (Å²) >= 11 is 0. The third-order valence-corrected chi connectivity index (χ3v) is 5.40. The minimum absolute atomic E-state index is 0.0506. The van der Waals surface area contributed by atoms with Crippen LogP contribution < -0.4 is 4.72 Å². The summed E-state index contributed by atoms with van der Waals surface area (Å²) in [5.41, 5.74) is -0.0528. The lowest BCUT2D eigenvalue weighted by molar-refractivity contribution is 0.0685. The van der Waals surface area contributed by atoms with E-state index in [0.29, 0.717) is 13.0 Å². The van der Waals surface area contributed by atoms with E-state index in [4.69, 9.17) is 5.11 Å². The van der Waals surface area contributed by atoms with Gasteiger partial charge in [0, 0.05) is 25.4 Å². The highest BCUT2D eigenvalue weighted by molar-refractivity contribution is 7.89. The van der Waals surface area contributed by atoms with Gasteiger partial charge in [-0.05, 0) is 31.7 Å². The Morgan fingerprint density at radius 1 is 1.48 bits per heavy atom. The zero-order chi connectivity index (χ0) is 15.6. The molecule has 1 aliphatic rings. The maximum absolute atomic E-state index is 12.4. The van der Waals surface area contributed by atoms with Crippen molar-refractivity contribution in [1.82, 2.24) is 9.29 Å². The van der Waals surface area contributed by atoms with Gasteiger partial charge in [0.2, 0.25) is 10.0 Å². The van der Waals surface area contributed by atoms with Gasteiger partial charge in [-0.25, -0.2) is 17.9 Å². The number of aromatic nitrogens is 1. The van der Waals surface area contributed by atoms with E-state index < -0.39 is 16.0 Å². The predicted molar refractivity (Wildman–Crippen MR) is 75.6 cm³/mol. The lowest BCUT2D eigenvalue weighted by Gasteiger charge is -2.18. The molecule has 7 nitrogen and oxygen atoms in total. The Morgan fingerprint density at radius 2 is 2.19 bits per heavy atom. The number of aliphatic hydroxyl groups excluding tert-OH is 1. The molecule has 0 bridgehead atoms. The topological polar surface area (TPSA) is 109 Å². The molecule has 1 aromatic heterocycles. The van der Waals surface area contributed by atoms with Gasteiger partial charge in [0.05, 0.1) is 0 Å². The molecule has 1 aromatic rings. The van der Waals surface area contributed by atoms with Crippen molar-refractivity contribution in [1.29, 1.82) is 0 Å². The van der Waals surface area contributed by atoms with Crippen LogP contribution in [0.15, 0.2) is 17.2 Å². The number of carboxylic acids is 1. The number of carboxylic acid groups (broad SMARTS) is 1. The van der Waals surface area contributed by atoms with Crippen LogP contribution in [0.2, 0.25) is 0 Å². The number of hydrogen-bond acceptors (Lipinski definition) is 4. The van der Waals surface area contributed by atoms with Gasteiger partial charge in [0.25, 0.3) is 0 Å². The first kappa shape index (κ1) is 16.0. The standard InChI is InChI=1S/C13H20N2O5S/c1-2-15-7-10(6-12(15)13(17)18)21(19,20)14-11-5-3-4-9(11)8-16/h6-7,9,11,14,16H,2-5,8H2,1H3,(H,17,18). The third-order valence-electron chi connectivity index (χ3n) is 3.94. The highest BCUT2D eigenvalue weighted by Crippen LogP contribution is 2.27. The van der Waals surface area contributed by atoms with Gasteiger partial charge >= 0.3 is 5.97 Å². The summed E-state index contributed by atoms with van der Waals surface area (Å²) in [5, 5.41) is 18.3. The van der Waals surface area contributed by atoms with Crippen LogP contribution in [0.3, 0.4) is 0 Å². The van der Waals surface area contributed by atoms with Crippen molar-refractivity contribution < 1.29 is 23.4 Å². The third kappa shape index (κ3) is 3.28. The molecule has 2 rings (SSSR count). The van der Waals surface area contributed by atoms with Crippen LogP contribution in [0.4, 0.5) is 0 Å². The van der Waals surface area contributed by atoms with Crippen molar-refractivity contribution in [3.63, 3.8) is 0 Å². The van der Waals surface area contributed by atoms with Crippen molar-refractivity contribution in [3.05, 3.63) is 18.0 Å². The van der Waals surface area contributed by atoms with E-state index in [1.165, 1.54) is 10.8 Å². The van der Waals surface area contributed by atoms with Crippen LogP contribution in [-0.4, -0.2) is 41.8 Å². The highest BCUT2D eigenvalue weighted by Gasteiger charge is 2.31. The Bertz CT molecular complexity index is 623. The average molecular weight is 316 g/mol. The summed E-state index contributed by atoms with van der Waals surface area (Å²) in [6.45, 7) is 2.07. The fourth-order valence-electron chi connectivity index (χ4n) is 2.75. The fourth-order valence-corrected chi connectivity index (χ4v) is 4.13. The average Bonchev–Trinajstić information content (AvgIpc) is 3.03. The van der Waals surface area contributed by atoms with Crippen molar-refractivity contribution in [2.24, 2.45) is 5.92 Å². The molecule has 0 amide bonds. The van der Waals surface area contributed by atoms with Crippen LogP contribution in [0.25, 0.3) is 0 Å². The quantitative estimate of drug-likeness (QED) is 0.714. The number of hydrogen-bond donors (Lipinski definition) is 3. The van der Waals surface area contributed by atoms with Crippen molar-refractivity contribution in [2.75, 3.05) is 6.61 Å². The van der Waals surface area contributed by atoms with Crippen molar-refractivity contribution >= 4 is 16.0 Å².